The van der Waals surface area contributed by atoms with E-state index in [9.17, 15) is 9.59 Å². The van der Waals surface area contributed by atoms with Gasteiger partial charge in [0, 0.05) is 46.0 Å². The van der Waals surface area contributed by atoms with Crippen molar-refractivity contribution in [1.82, 2.24) is 14.3 Å². The first-order valence-electron chi connectivity index (χ1n) is 9.63. The van der Waals surface area contributed by atoms with Crippen molar-refractivity contribution >= 4 is 22.3 Å². The van der Waals surface area contributed by atoms with Gasteiger partial charge >= 0.3 is 0 Å². The lowest BCUT2D eigenvalue weighted by atomic mass is 10.1. The minimum atomic E-state index is -0.253. The van der Waals surface area contributed by atoms with Gasteiger partial charge in [-0.05, 0) is 25.1 Å². The quantitative estimate of drug-likeness (QED) is 0.665. The number of hydrogen-bond donors (Lipinski definition) is 0. The lowest BCUT2D eigenvalue weighted by Gasteiger charge is -2.37. The van der Waals surface area contributed by atoms with Crippen LogP contribution in [-0.4, -0.2) is 47.6 Å². The van der Waals surface area contributed by atoms with Gasteiger partial charge < -0.3 is 19.1 Å². The summed E-state index contributed by atoms with van der Waals surface area (Å²) in [6, 6.07) is 9.73. The first-order valence-corrected chi connectivity index (χ1v) is 9.63. The highest BCUT2D eigenvalue weighted by Crippen LogP contribution is 2.29. The molecule has 29 heavy (non-hydrogen) atoms. The van der Waals surface area contributed by atoms with Gasteiger partial charge in [0.05, 0.1) is 23.6 Å². The molecule has 0 spiro atoms. The van der Waals surface area contributed by atoms with Crippen molar-refractivity contribution in [2.24, 2.45) is 14.1 Å². The van der Waals surface area contributed by atoms with E-state index >= 15 is 0 Å². The van der Waals surface area contributed by atoms with Crippen LogP contribution in [0.4, 0.5) is 11.5 Å². The number of hydrogen-bond acceptors (Lipinski definition) is 6. The first-order chi connectivity index (χ1) is 13.9. The summed E-state index contributed by atoms with van der Waals surface area (Å²) in [4.78, 5) is 29.9. The minimum Gasteiger partial charge on any atom is -0.495 e. The van der Waals surface area contributed by atoms with Gasteiger partial charge in [0.1, 0.15) is 5.75 Å². The highest BCUT2D eigenvalue weighted by Gasteiger charge is 2.24. The Bertz CT molecular complexity index is 1190. The Morgan fingerprint density at radius 3 is 2.31 bits per heavy atom. The normalized spacial score (nSPS) is 14.5. The van der Waals surface area contributed by atoms with E-state index in [4.69, 9.17) is 4.74 Å². The number of benzene rings is 1. The molecule has 0 aliphatic carbocycles. The smallest absolute Gasteiger partial charge is 0.274 e. The molecule has 3 aromatic rings. The van der Waals surface area contributed by atoms with Gasteiger partial charge in [0.15, 0.2) is 5.82 Å². The van der Waals surface area contributed by atoms with E-state index in [0.717, 1.165) is 30.2 Å². The lowest BCUT2D eigenvalue weighted by molar-refractivity contribution is 0.413. The van der Waals surface area contributed by atoms with Crippen LogP contribution in [0.1, 0.15) is 5.69 Å². The molecule has 1 aliphatic rings. The molecule has 0 saturated carbocycles. The largest absolute Gasteiger partial charge is 0.495 e. The highest BCUT2D eigenvalue weighted by molar-refractivity contribution is 5.91. The van der Waals surface area contributed by atoms with Gasteiger partial charge in [0.2, 0.25) is 0 Å². The molecule has 2 aromatic heterocycles. The zero-order valence-electron chi connectivity index (χ0n) is 17.2. The molecular weight excluding hydrogens is 370 g/mol. The number of rotatable bonds is 3. The molecule has 0 atom stereocenters. The third kappa shape index (κ3) is 3.14. The zero-order chi connectivity index (χ0) is 20.7. The van der Waals surface area contributed by atoms with Gasteiger partial charge in [-0.1, -0.05) is 12.1 Å². The third-order valence-corrected chi connectivity index (χ3v) is 5.67. The van der Waals surface area contributed by atoms with Crippen LogP contribution in [0.3, 0.4) is 0 Å². The van der Waals surface area contributed by atoms with Crippen molar-refractivity contribution in [2.75, 3.05) is 43.1 Å². The topological polar surface area (TPSA) is 72.6 Å². The van der Waals surface area contributed by atoms with Crippen LogP contribution in [0.15, 0.2) is 39.9 Å². The molecule has 1 aromatic carbocycles. The average molecular weight is 395 g/mol. The van der Waals surface area contributed by atoms with Gasteiger partial charge in [-0.2, -0.15) is 5.10 Å². The van der Waals surface area contributed by atoms with E-state index < -0.39 is 0 Å². The second-order valence-corrected chi connectivity index (χ2v) is 7.34. The maximum absolute atomic E-state index is 13.0. The van der Waals surface area contributed by atoms with Crippen LogP contribution < -0.4 is 25.7 Å². The highest BCUT2D eigenvalue weighted by atomic mass is 16.5. The minimum absolute atomic E-state index is 0.188. The Morgan fingerprint density at radius 2 is 1.62 bits per heavy atom. The van der Waals surface area contributed by atoms with Gasteiger partial charge in [-0.15, -0.1) is 0 Å². The van der Waals surface area contributed by atoms with Crippen molar-refractivity contribution in [3.63, 3.8) is 0 Å². The van der Waals surface area contributed by atoms with Crippen molar-refractivity contribution in [1.29, 1.82) is 0 Å². The molecular formula is C21H25N5O3. The van der Waals surface area contributed by atoms with Gasteiger partial charge in [0.25, 0.3) is 11.1 Å². The molecule has 0 radical (unpaired) electrons. The number of aryl methyl sites for hydroxylation is 2. The number of pyridine rings is 1. The molecule has 152 valence electrons. The van der Waals surface area contributed by atoms with Crippen molar-refractivity contribution in [3.8, 4) is 5.75 Å². The Kier molecular flexibility index (Phi) is 4.77. The molecule has 8 nitrogen and oxygen atoms in total. The maximum Gasteiger partial charge on any atom is 0.274 e. The predicted molar refractivity (Wildman–Crippen MR) is 114 cm³/mol. The van der Waals surface area contributed by atoms with Gasteiger partial charge in [-0.3, -0.25) is 9.59 Å². The number of aromatic nitrogens is 3. The Hall–Kier alpha value is -3.29. The first kappa shape index (κ1) is 19.0. The number of fused-ring (bicyclic) bond motifs is 1. The van der Waals surface area contributed by atoms with E-state index in [1.165, 1.54) is 4.68 Å². The monoisotopic (exact) mass is 395 g/mol. The second-order valence-electron chi connectivity index (χ2n) is 7.34. The summed E-state index contributed by atoms with van der Waals surface area (Å²) >= 11 is 0. The fourth-order valence-corrected chi connectivity index (χ4v) is 3.89. The number of methoxy groups -OCH3 is 1. The summed E-state index contributed by atoms with van der Waals surface area (Å²) in [6.45, 7) is 4.73. The second kappa shape index (κ2) is 7.27. The summed E-state index contributed by atoms with van der Waals surface area (Å²) < 4.78 is 8.38. The van der Waals surface area contributed by atoms with E-state index in [-0.39, 0.29) is 11.1 Å². The summed E-state index contributed by atoms with van der Waals surface area (Å²) in [5.74, 6) is 1.42. The molecule has 1 aliphatic heterocycles. The van der Waals surface area contributed by atoms with E-state index in [1.54, 1.807) is 31.8 Å². The number of anilines is 2. The molecule has 0 bridgehead atoms. The van der Waals surface area contributed by atoms with Gasteiger partial charge in [-0.25, -0.2) is 4.68 Å². The fourth-order valence-electron chi connectivity index (χ4n) is 3.89. The third-order valence-electron chi connectivity index (χ3n) is 5.67. The van der Waals surface area contributed by atoms with E-state index in [0.29, 0.717) is 29.7 Å². The van der Waals surface area contributed by atoms with Crippen LogP contribution in [0.2, 0.25) is 0 Å². The number of ether oxygens (including phenoxy) is 1. The summed E-state index contributed by atoms with van der Waals surface area (Å²) in [7, 11) is 5.02. The molecule has 3 heterocycles. The number of nitrogens with zero attached hydrogens (tertiary/aromatic N) is 5. The zero-order valence-corrected chi connectivity index (χ0v) is 17.2. The average Bonchev–Trinajstić information content (AvgIpc) is 2.75. The SMILES string of the molecule is COc1ccccc1N1CCN(c2nn(C)c(=O)c3cc(C)n(C)c(=O)c23)CC1. The Balaban J connectivity index is 1.72. The molecule has 4 rings (SSSR count). The van der Waals surface area contributed by atoms with Crippen molar-refractivity contribution in [2.45, 2.75) is 6.92 Å². The molecule has 1 fully saturated rings. The van der Waals surface area contributed by atoms with E-state index in [2.05, 4.69) is 14.9 Å². The Morgan fingerprint density at radius 1 is 0.966 bits per heavy atom. The van der Waals surface area contributed by atoms with Crippen LogP contribution in [0, 0.1) is 6.92 Å². The van der Waals surface area contributed by atoms with Crippen molar-refractivity contribution in [3.05, 3.63) is 56.7 Å². The van der Waals surface area contributed by atoms with Crippen LogP contribution in [0.25, 0.3) is 10.8 Å². The van der Waals surface area contributed by atoms with Crippen molar-refractivity contribution < 1.29 is 4.74 Å². The van der Waals surface area contributed by atoms with Crippen LogP contribution >= 0.6 is 0 Å². The van der Waals surface area contributed by atoms with E-state index in [1.807, 2.05) is 31.2 Å². The molecule has 1 saturated heterocycles. The van der Waals surface area contributed by atoms with Crippen LogP contribution in [-0.2, 0) is 14.1 Å². The summed E-state index contributed by atoms with van der Waals surface area (Å²) in [5.41, 5.74) is 1.36. The lowest BCUT2D eigenvalue weighted by Crippen LogP contribution is -2.48. The van der Waals surface area contributed by atoms with Crippen LogP contribution in [0.5, 0.6) is 5.75 Å². The standard InChI is InChI=1S/C21H25N5O3/c1-14-13-15-18(21(28)23(14)2)19(22-24(3)20(15)27)26-11-9-25(10-12-26)16-7-5-6-8-17(16)29-4/h5-8,13H,9-12H2,1-4H3. The number of para-hydroxylation sites is 2. The molecule has 0 unspecified atom stereocenters. The molecule has 8 heteroatoms. The Labute approximate surface area is 168 Å². The fraction of sp³-hybridized carbons (Fsp3) is 0.381. The predicted octanol–water partition coefficient (Wildman–Crippen LogP) is 1.28. The molecule has 0 amide bonds. The molecule has 0 N–H and O–H groups in total. The maximum atomic E-state index is 13.0. The summed E-state index contributed by atoms with van der Waals surface area (Å²) in [6.07, 6.45) is 0. The summed E-state index contributed by atoms with van der Waals surface area (Å²) in [5, 5.41) is 5.28. The number of piperazine rings is 1.